The Morgan fingerprint density at radius 1 is 1.33 bits per heavy atom. The van der Waals surface area contributed by atoms with Crippen LogP contribution < -0.4 is 5.73 Å². The molecule has 1 rings (SSSR count). The molecule has 0 radical (unpaired) electrons. The molecule has 0 aromatic rings. The number of amides is 2. The second-order valence-electron chi connectivity index (χ2n) is 4.62. The average Bonchev–Trinajstić information content (AvgIpc) is 2.58. The predicted octanol–water partition coefficient (Wildman–Crippen LogP) is 0.0852. The Balaban J connectivity index is 2.38. The van der Waals surface area contributed by atoms with Crippen molar-refractivity contribution in [1.29, 1.82) is 0 Å². The summed E-state index contributed by atoms with van der Waals surface area (Å²) in [6, 6.07) is 0. The van der Waals surface area contributed by atoms with Gasteiger partial charge in [-0.1, -0.05) is 0 Å². The van der Waals surface area contributed by atoms with Gasteiger partial charge in [-0.25, -0.2) is 4.79 Å². The second kappa shape index (κ2) is 5.92. The highest BCUT2D eigenvalue weighted by Crippen LogP contribution is 2.18. The van der Waals surface area contributed by atoms with E-state index in [2.05, 4.69) is 0 Å². The van der Waals surface area contributed by atoms with Gasteiger partial charge < -0.3 is 15.3 Å². The van der Waals surface area contributed by atoms with Crippen molar-refractivity contribution >= 4 is 17.8 Å². The minimum Gasteiger partial charge on any atom is -0.361 e. The Kier molecular flexibility index (Phi) is 4.80. The predicted molar refractivity (Wildman–Crippen MR) is 60.6 cm³/mol. The summed E-state index contributed by atoms with van der Waals surface area (Å²) < 4.78 is 5.21. The van der Waals surface area contributed by atoms with Crippen LogP contribution in [0, 0.1) is 0 Å². The summed E-state index contributed by atoms with van der Waals surface area (Å²) in [6.45, 7) is 3.64. The molecule has 2 N–H and O–H groups in total. The molecule has 2 amide bonds. The summed E-state index contributed by atoms with van der Waals surface area (Å²) in [5.74, 6) is -1.59. The first-order valence-electron chi connectivity index (χ1n) is 5.76. The van der Waals surface area contributed by atoms with Crippen molar-refractivity contribution in [3.63, 3.8) is 0 Å². The van der Waals surface area contributed by atoms with E-state index in [0.717, 1.165) is 0 Å². The number of hydroxylamine groups is 2. The Labute approximate surface area is 105 Å². The Bertz CT molecular complexity index is 337. The van der Waals surface area contributed by atoms with Gasteiger partial charge in [0.15, 0.2) is 0 Å². The van der Waals surface area contributed by atoms with E-state index in [4.69, 9.17) is 15.3 Å². The summed E-state index contributed by atoms with van der Waals surface area (Å²) in [5, 5.41) is 0.541. The number of hydrogen-bond donors (Lipinski definition) is 1. The van der Waals surface area contributed by atoms with Crippen molar-refractivity contribution in [2.75, 3.05) is 6.73 Å². The van der Waals surface area contributed by atoms with Gasteiger partial charge in [0.2, 0.25) is 0 Å². The van der Waals surface area contributed by atoms with E-state index >= 15 is 0 Å². The fourth-order valence-electron chi connectivity index (χ4n) is 1.51. The molecule has 1 aliphatic rings. The number of imide groups is 1. The third-order valence-corrected chi connectivity index (χ3v) is 2.60. The fourth-order valence-corrected chi connectivity index (χ4v) is 1.51. The lowest BCUT2D eigenvalue weighted by Crippen LogP contribution is -2.33. The molecule has 0 unspecified atom stereocenters. The minimum atomic E-state index is -0.632. The van der Waals surface area contributed by atoms with E-state index in [1.807, 2.05) is 0 Å². The number of hydrogen-bond acceptors (Lipinski definition) is 6. The molecule has 0 bridgehead atoms. The summed E-state index contributed by atoms with van der Waals surface area (Å²) in [4.78, 5) is 38.6. The zero-order valence-corrected chi connectivity index (χ0v) is 10.6. The maximum atomic E-state index is 11.5. The van der Waals surface area contributed by atoms with E-state index in [9.17, 15) is 14.4 Å². The van der Waals surface area contributed by atoms with E-state index in [1.54, 1.807) is 13.8 Å². The summed E-state index contributed by atoms with van der Waals surface area (Å²) in [6.07, 6.45) is 0.616. The molecule has 0 spiro atoms. The van der Waals surface area contributed by atoms with Gasteiger partial charge in [0.25, 0.3) is 11.8 Å². The van der Waals surface area contributed by atoms with E-state index in [1.165, 1.54) is 0 Å². The standard InChI is InChI=1S/C11H18N2O5/c1-11(2,17-7-12)6-5-10(16)18-13-8(14)3-4-9(13)15/h3-7,12H2,1-2H3. The van der Waals surface area contributed by atoms with Crippen molar-refractivity contribution < 1.29 is 24.0 Å². The molecule has 1 aliphatic heterocycles. The highest BCUT2D eigenvalue weighted by molar-refractivity contribution is 6.01. The van der Waals surface area contributed by atoms with Gasteiger partial charge in [0, 0.05) is 12.8 Å². The Morgan fingerprint density at radius 3 is 2.39 bits per heavy atom. The third-order valence-electron chi connectivity index (χ3n) is 2.60. The van der Waals surface area contributed by atoms with E-state index < -0.39 is 23.4 Å². The van der Waals surface area contributed by atoms with Gasteiger partial charge in [0.1, 0.15) is 0 Å². The normalized spacial score (nSPS) is 16.3. The summed E-state index contributed by atoms with van der Waals surface area (Å²) in [5.41, 5.74) is 4.70. The van der Waals surface area contributed by atoms with Gasteiger partial charge in [0.05, 0.1) is 18.8 Å². The molecule has 1 saturated heterocycles. The molecule has 0 aliphatic carbocycles. The summed E-state index contributed by atoms with van der Waals surface area (Å²) >= 11 is 0. The van der Waals surface area contributed by atoms with Crippen LogP contribution >= 0.6 is 0 Å². The average molecular weight is 258 g/mol. The lowest BCUT2D eigenvalue weighted by Gasteiger charge is -2.24. The Hall–Kier alpha value is -1.47. The second-order valence-corrected chi connectivity index (χ2v) is 4.62. The number of nitrogens with zero attached hydrogens (tertiary/aromatic N) is 1. The maximum absolute atomic E-state index is 11.5. The zero-order valence-electron chi connectivity index (χ0n) is 10.6. The zero-order chi connectivity index (χ0) is 13.8. The van der Waals surface area contributed by atoms with Crippen molar-refractivity contribution in [2.45, 2.75) is 45.1 Å². The van der Waals surface area contributed by atoms with Crippen LogP contribution in [-0.4, -0.2) is 35.2 Å². The number of rotatable bonds is 6. The summed E-state index contributed by atoms with van der Waals surface area (Å²) in [7, 11) is 0. The highest BCUT2D eigenvalue weighted by Gasteiger charge is 2.33. The third kappa shape index (κ3) is 4.08. The number of ether oxygens (including phenoxy) is 1. The van der Waals surface area contributed by atoms with Crippen molar-refractivity contribution in [1.82, 2.24) is 5.06 Å². The van der Waals surface area contributed by atoms with Crippen LogP contribution in [0.15, 0.2) is 0 Å². The molecule has 0 saturated carbocycles. The monoisotopic (exact) mass is 258 g/mol. The molecular formula is C11H18N2O5. The number of carbonyl (C=O) groups excluding carboxylic acids is 3. The van der Waals surface area contributed by atoms with Gasteiger partial charge in [-0.3, -0.25) is 9.59 Å². The molecule has 1 heterocycles. The van der Waals surface area contributed by atoms with Crippen molar-refractivity contribution in [2.24, 2.45) is 5.73 Å². The molecule has 1 fully saturated rings. The topological polar surface area (TPSA) is 98.9 Å². The quantitative estimate of drug-likeness (QED) is 0.535. The highest BCUT2D eigenvalue weighted by atomic mass is 16.7. The molecule has 7 heteroatoms. The van der Waals surface area contributed by atoms with Crippen LogP contribution in [0.3, 0.4) is 0 Å². The maximum Gasteiger partial charge on any atom is 0.333 e. The molecule has 0 aromatic heterocycles. The van der Waals surface area contributed by atoms with Crippen LogP contribution in [0.25, 0.3) is 0 Å². The van der Waals surface area contributed by atoms with Crippen LogP contribution in [0.5, 0.6) is 0 Å². The van der Waals surface area contributed by atoms with Crippen molar-refractivity contribution in [3.05, 3.63) is 0 Å². The fraction of sp³-hybridized carbons (Fsp3) is 0.727. The molecule has 18 heavy (non-hydrogen) atoms. The lowest BCUT2D eigenvalue weighted by molar-refractivity contribution is -0.198. The van der Waals surface area contributed by atoms with Crippen LogP contribution in [0.1, 0.15) is 39.5 Å². The Morgan fingerprint density at radius 2 is 1.89 bits per heavy atom. The van der Waals surface area contributed by atoms with E-state index in [-0.39, 0.29) is 26.0 Å². The van der Waals surface area contributed by atoms with Gasteiger partial charge >= 0.3 is 5.97 Å². The lowest BCUT2D eigenvalue weighted by atomic mass is 10.0. The first-order chi connectivity index (χ1) is 8.35. The van der Waals surface area contributed by atoms with Crippen LogP contribution in [0.4, 0.5) is 0 Å². The SMILES string of the molecule is CC(C)(CCC(=O)ON1C(=O)CCC1=O)OCN. The van der Waals surface area contributed by atoms with E-state index in [0.29, 0.717) is 11.5 Å². The number of carbonyl (C=O) groups is 3. The van der Waals surface area contributed by atoms with Crippen molar-refractivity contribution in [3.8, 4) is 0 Å². The largest absolute Gasteiger partial charge is 0.361 e. The van der Waals surface area contributed by atoms with Crippen LogP contribution in [0.2, 0.25) is 0 Å². The molecule has 0 aromatic carbocycles. The molecule has 0 atom stereocenters. The van der Waals surface area contributed by atoms with Crippen LogP contribution in [-0.2, 0) is 24.0 Å². The first kappa shape index (κ1) is 14.6. The number of nitrogens with two attached hydrogens (primary N) is 1. The molecule has 7 nitrogen and oxygen atoms in total. The smallest absolute Gasteiger partial charge is 0.333 e. The molecular weight excluding hydrogens is 240 g/mol. The van der Waals surface area contributed by atoms with Gasteiger partial charge in [-0.05, 0) is 20.3 Å². The first-order valence-corrected chi connectivity index (χ1v) is 5.76. The minimum absolute atomic E-state index is 0.0457. The van der Waals surface area contributed by atoms with Gasteiger partial charge in [-0.2, -0.15) is 0 Å². The molecule has 102 valence electrons. The van der Waals surface area contributed by atoms with Gasteiger partial charge in [-0.15, -0.1) is 5.06 Å².